The minimum absolute atomic E-state index is 0. The molecule has 0 fully saturated rings. The molecule has 0 aliphatic carbocycles. The van der Waals surface area contributed by atoms with Gasteiger partial charge in [-0.05, 0) is 48.4 Å². The number of nitrogens with two attached hydrogens (primary N) is 1. The third-order valence-electron chi connectivity index (χ3n) is 4.17. The second-order valence-electron chi connectivity index (χ2n) is 6.07. The zero-order valence-corrected chi connectivity index (χ0v) is 15.8. The second-order valence-corrected chi connectivity index (χ2v) is 6.50. The van der Waals surface area contributed by atoms with Crippen molar-refractivity contribution in [1.29, 1.82) is 0 Å². The Morgan fingerprint density at radius 2 is 1.92 bits per heavy atom. The van der Waals surface area contributed by atoms with E-state index in [0.29, 0.717) is 37.4 Å². The van der Waals surface area contributed by atoms with Gasteiger partial charge in [0.1, 0.15) is 0 Å². The number of carbonyl (C=O) groups excluding carboxylic acids is 2. The van der Waals surface area contributed by atoms with E-state index in [2.05, 4.69) is 5.32 Å². The molecule has 2 aromatic rings. The summed E-state index contributed by atoms with van der Waals surface area (Å²) in [7, 11) is 0. The summed E-state index contributed by atoms with van der Waals surface area (Å²) in [6.07, 6.45) is 1.49. The van der Waals surface area contributed by atoms with Crippen LogP contribution in [0.15, 0.2) is 42.5 Å². The van der Waals surface area contributed by atoms with E-state index in [4.69, 9.17) is 17.3 Å². The van der Waals surface area contributed by atoms with Crippen LogP contribution in [0.4, 0.5) is 11.4 Å². The van der Waals surface area contributed by atoms with Crippen LogP contribution in [0.5, 0.6) is 0 Å². The van der Waals surface area contributed by atoms with Crippen LogP contribution in [0.2, 0.25) is 5.02 Å². The quantitative estimate of drug-likeness (QED) is 0.787. The summed E-state index contributed by atoms with van der Waals surface area (Å²) in [5.74, 6) is 0.0212. The fourth-order valence-corrected chi connectivity index (χ4v) is 3.03. The van der Waals surface area contributed by atoms with Gasteiger partial charge in [0.2, 0.25) is 11.8 Å². The molecular weight excluding hydrogens is 373 g/mol. The highest BCUT2D eigenvalue weighted by molar-refractivity contribution is 6.31. The summed E-state index contributed by atoms with van der Waals surface area (Å²) >= 11 is 6.06. The number of halogens is 2. The monoisotopic (exact) mass is 393 g/mol. The number of nitrogens with one attached hydrogen (secondary N) is 1. The molecule has 0 saturated carbocycles. The van der Waals surface area contributed by atoms with Gasteiger partial charge in [-0.3, -0.25) is 9.59 Å². The lowest BCUT2D eigenvalue weighted by molar-refractivity contribution is -0.117. The first-order valence-corrected chi connectivity index (χ1v) is 8.62. The van der Waals surface area contributed by atoms with Crippen LogP contribution in [0.25, 0.3) is 0 Å². The Morgan fingerprint density at radius 1 is 1.19 bits per heavy atom. The molecule has 0 bridgehead atoms. The summed E-state index contributed by atoms with van der Waals surface area (Å²) < 4.78 is 0. The summed E-state index contributed by atoms with van der Waals surface area (Å²) in [5.41, 5.74) is 9.00. The van der Waals surface area contributed by atoms with Gasteiger partial charge < -0.3 is 16.0 Å². The summed E-state index contributed by atoms with van der Waals surface area (Å²) in [5, 5.41) is 3.46. The van der Waals surface area contributed by atoms with E-state index >= 15 is 0 Å². The first-order chi connectivity index (χ1) is 12.1. The van der Waals surface area contributed by atoms with Crippen LogP contribution in [0.3, 0.4) is 0 Å². The molecule has 2 amide bonds. The van der Waals surface area contributed by atoms with Crippen LogP contribution in [0, 0.1) is 0 Å². The van der Waals surface area contributed by atoms with Crippen molar-refractivity contribution in [3.05, 3.63) is 58.6 Å². The molecule has 0 spiro atoms. The molecule has 0 aromatic heterocycles. The largest absolute Gasteiger partial charge is 0.330 e. The van der Waals surface area contributed by atoms with Gasteiger partial charge in [0, 0.05) is 22.8 Å². The molecule has 5 nitrogen and oxygen atoms in total. The van der Waals surface area contributed by atoms with Crippen molar-refractivity contribution in [2.45, 2.75) is 25.8 Å². The zero-order chi connectivity index (χ0) is 17.8. The molecule has 0 saturated heterocycles. The average Bonchev–Trinajstić information content (AvgIpc) is 2.90. The normalized spacial score (nSPS) is 12.5. The maximum atomic E-state index is 12.3. The highest BCUT2D eigenvalue weighted by Gasteiger charge is 2.27. The molecular formula is C19H21Cl2N3O2. The van der Waals surface area contributed by atoms with Gasteiger partial charge in [0.25, 0.3) is 0 Å². The average molecular weight is 394 g/mol. The van der Waals surface area contributed by atoms with Crippen molar-refractivity contribution in [2.24, 2.45) is 5.73 Å². The predicted molar refractivity (Wildman–Crippen MR) is 107 cm³/mol. The predicted octanol–water partition coefficient (Wildman–Crippen LogP) is 3.53. The van der Waals surface area contributed by atoms with Crippen LogP contribution in [-0.2, 0) is 22.6 Å². The maximum absolute atomic E-state index is 12.3. The highest BCUT2D eigenvalue weighted by atomic mass is 35.5. The molecule has 7 heteroatoms. The van der Waals surface area contributed by atoms with Gasteiger partial charge in [-0.15, -0.1) is 12.4 Å². The lowest BCUT2D eigenvalue weighted by Gasteiger charge is -2.18. The zero-order valence-electron chi connectivity index (χ0n) is 14.2. The Kier molecular flexibility index (Phi) is 7.03. The molecule has 1 aliphatic rings. The van der Waals surface area contributed by atoms with Crippen LogP contribution in [-0.4, -0.2) is 18.4 Å². The van der Waals surface area contributed by atoms with Crippen LogP contribution < -0.4 is 16.0 Å². The number of carbonyl (C=O) groups is 2. The second kappa shape index (κ2) is 9.03. The third kappa shape index (κ3) is 4.75. The number of hydrogen-bond acceptors (Lipinski definition) is 3. The number of anilines is 2. The number of benzene rings is 2. The topological polar surface area (TPSA) is 75.4 Å². The minimum atomic E-state index is -0.0449. The molecule has 0 radical (unpaired) electrons. The molecule has 1 heterocycles. The molecule has 3 rings (SSSR count). The lowest BCUT2D eigenvalue weighted by Crippen LogP contribution is -2.26. The standard InChI is InChI=1S/C19H20ClN3O2.ClH/c20-15-6-5-14-10-19(25)23(17(14)11-15)12-13-3-7-16(8-4-13)22-18(24)2-1-9-21;/h3-8,11H,1-2,9-10,12,21H2,(H,22,24);1H. The number of fused-ring (bicyclic) bond motifs is 1. The van der Waals surface area contributed by atoms with E-state index < -0.39 is 0 Å². The van der Waals surface area contributed by atoms with Gasteiger partial charge in [0.05, 0.1) is 13.0 Å². The van der Waals surface area contributed by atoms with Crippen molar-refractivity contribution in [3.8, 4) is 0 Å². The molecule has 0 atom stereocenters. The fraction of sp³-hybridized carbons (Fsp3) is 0.263. The molecule has 0 unspecified atom stereocenters. The third-order valence-corrected chi connectivity index (χ3v) is 4.40. The van der Waals surface area contributed by atoms with Crippen molar-refractivity contribution in [1.82, 2.24) is 0 Å². The van der Waals surface area contributed by atoms with E-state index in [-0.39, 0.29) is 24.2 Å². The van der Waals surface area contributed by atoms with Gasteiger partial charge in [0.15, 0.2) is 0 Å². The number of hydrogen-bond donors (Lipinski definition) is 2. The van der Waals surface area contributed by atoms with E-state index in [1.165, 1.54) is 0 Å². The molecule has 26 heavy (non-hydrogen) atoms. The molecule has 3 N–H and O–H groups in total. The summed E-state index contributed by atoms with van der Waals surface area (Å²) in [6.45, 7) is 0.981. The van der Waals surface area contributed by atoms with Gasteiger partial charge in [-0.2, -0.15) is 0 Å². The van der Waals surface area contributed by atoms with Crippen molar-refractivity contribution < 1.29 is 9.59 Å². The number of nitrogens with zero attached hydrogens (tertiary/aromatic N) is 1. The van der Waals surface area contributed by atoms with Gasteiger partial charge in [-0.1, -0.05) is 29.8 Å². The lowest BCUT2D eigenvalue weighted by atomic mass is 10.1. The maximum Gasteiger partial charge on any atom is 0.231 e. The Balaban J connectivity index is 0.00000243. The minimum Gasteiger partial charge on any atom is -0.330 e. The Hall–Kier alpha value is -2.08. The summed E-state index contributed by atoms with van der Waals surface area (Å²) in [4.78, 5) is 25.7. The molecule has 1 aliphatic heterocycles. The number of rotatable bonds is 6. The molecule has 138 valence electrons. The van der Waals surface area contributed by atoms with Crippen molar-refractivity contribution in [3.63, 3.8) is 0 Å². The first-order valence-electron chi connectivity index (χ1n) is 8.24. The van der Waals surface area contributed by atoms with E-state index in [9.17, 15) is 9.59 Å². The Bertz CT molecular complexity index is 794. The van der Waals surface area contributed by atoms with Crippen LogP contribution in [0.1, 0.15) is 24.0 Å². The van der Waals surface area contributed by atoms with Crippen LogP contribution >= 0.6 is 24.0 Å². The van der Waals surface area contributed by atoms with E-state index in [1.807, 2.05) is 36.4 Å². The summed E-state index contributed by atoms with van der Waals surface area (Å²) in [6, 6.07) is 13.0. The van der Waals surface area contributed by atoms with E-state index in [1.54, 1.807) is 11.0 Å². The number of amides is 2. The van der Waals surface area contributed by atoms with Gasteiger partial charge in [-0.25, -0.2) is 0 Å². The smallest absolute Gasteiger partial charge is 0.231 e. The SMILES string of the molecule is Cl.NCCCC(=O)Nc1ccc(CN2C(=O)Cc3ccc(Cl)cc32)cc1. The van der Waals surface area contributed by atoms with Crippen molar-refractivity contribution in [2.75, 3.05) is 16.8 Å². The van der Waals surface area contributed by atoms with Crippen molar-refractivity contribution >= 4 is 47.2 Å². The van der Waals surface area contributed by atoms with Gasteiger partial charge >= 0.3 is 0 Å². The molecule has 2 aromatic carbocycles. The highest BCUT2D eigenvalue weighted by Crippen LogP contribution is 2.32. The Labute approximate surface area is 163 Å². The fourth-order valence-electron chi connectivity index (χ4n) is 2.87. The Morgan fingerprint density at radius 3 is 2.62 bits per heavy atom. The first kappa shape index (κ1) is 20.2. The van der Waals surface area contributed by atoms with E-state index in [0.717, 1.165) is 22.5 Å².